The number of hydrogen-bond donors (Lipinski definition) is 4. The highest BCUT2D eigenvalue weighted by Gasteiger charge is 2.23. The number of anilines is 1. The molecule has 0 aliphatic carbocycles. The van der Waals surface area contributed by atoms with Gasteiger partial charge in [0.15, 0.2) is 6.73 Å². The van der Waals surface area contributed by atoms with Crippen LogP contribution in [0.1, 0.15) is 20.3 Å². The maximum absolute atomic E-state index is 12.1. The van der Waals surface area contributed by atoms with E-state index in [0.717, 1.165) is 4.47 Å². The fourth-order valence-electron chi connectivity index (χ4n) is 1.84. The molecule has 3 amide bonds. The van der Waals surface area contributed by atoms with Gasteiger partial charge in [0.2, 0.25) is 5.91 Å². The summed E-state index contributed by atoms with van der Waals surface area (Å²) < 4.78 is 15.7. The fraction of sp³-hybridized carbons (Fsp3) is 0.429. The zero-order valence-corrected chi connectivity index (χ0v) is 15.8. The van der Waals surface area contributed by atoms with Crippen LogP contribution in [-0.2, 0) is 13.9 Å². The van der Waals surface area contributed by atoms with Crippen molar-refractivity contribution >= 4 is 41.8 Å². The second kappa shape index (κ2) is 10.4. The van der Waals surface area contributed by atoms with Crippen molar-refractivity contribution in [2.24, 2.45) is 5.92 Å². The van der Waals surface area contributed by atoms with Crippen LogP contribution in [0.3, 0.4) is 0 Å². The number of hydrogen-bond acceptors (Lipinski definition) is 4. The SMILES string of the molecule is CC(C)CC(NC(=O)Nc1ccc(Br)cc1)C(=O)NCO[P+](=O)O. The number of nitrogens with one attached hydrogen (secondary N) is 3. The first-order valence-corrected chi connectivity index (χ1v) is 9.10. The van der Waals surface area contributed by atoms with Gasteiger partial charge >= 0.3 is 14.3 Å². The molecule has 2 unspecified atom stereocenters. The van der Waals surface area contributed by atoms with Gasteiger partial charge in [-0.25, -0.2) is 4.79 Å². The van der Waals surface area contributed by atoms with Crippen LogP contribution in [0.15, 0.2) is 28.7 Å². The van der Waals surface area contributed by atoms with E-state index in [0.29, 0.717) is 12.1 Å². The average molecular weight is 421 g/mol. The second-order valence-electron chi connectivity index (χ2n) is 5.34. The van der Waals surface area contributed by atoms with Gasteiger partial charge in [-0.15, -0.1) is 4.89 Å². The topological polar surface area (TPSA) is 117 Å². The first kappa shape index (κ1) is 20.5. The van der Waals surface area contributed by atoms with Crippen molar-refractivity contribution < 1.29 is 23.6 Å². The third-order valence-electron chi connectivity index (χ3n) is 2.85. The molecule has 0 saturated carbocycles. The Morgan fingerprint density at radius 3 is 2.46 bits per heavy atom. The number of amides is 3. The van der Waals surface area contributed by atoms with E-state index in [1.165, 1.54) is 0 Å². The molecule has 0 fully saturated rings. The van der Waals surface area contributed by atoms with Gasteiger partial charge in [-0.3, -0.25) is 4.79 Å². The summed E-state index contributed by atoms with van der Waals surface area (Å²) >= 11 is 3.30. The summed E-state index contributed by atoms with van der Waals surface area (Å²) in [6, 6.07) is 5.68. The molecule has 0 bridgehead atoms. The molecule has 1 aromatic rings. The van der Waals surface area contributed by atoms with Crippen molar-refractivity contribution in [2.45, 2.75) is 26.3 Å². The smallest absolute Gasteiger partial charge is 0.327 e. The Labute approximate surface area is 149 Å². The molecule has 0 aromatic heterocycles. The minimum absolute atomic E-state index is 0.157. The summed E-state index contributed by atoms with van der Waals surface area (Å²) in [7, 11) is -2.79. The number of carbonyl (C=O) groups excluding carboxylic acids is 2. The number of rotatable bonds is 8. The van der Waals surface area contributed by atoms with Gasteiger partial charge in [-0.05, 0) is 36.6 Å². The summed E-state index contributed by atoms with van der Waals surface area (Å²) in [4.78, 5) is 32.7. The van der Waals surface area contributed by atoms with Crippen LogP contribution >= 0.6 is 24.2 Å². The molecule has 132 valence electrons. The molecule has 10 heteroatoms. The molecule has 0 spiro atoms. The third kappa shape index (κ3) is 8.35. The Balaban J connectivity index is 2.60. The molecule has 0 heterocycles. The van der Waals surface area contributed by atoms with Crippen LogP contribution in [0.2, 0.25) is 0 Å². The molecule has 1 aromatic carbocycles. The molecule has 0 saturated heterocycles. The molecule has 0 aliphatic rings. The monoisotopic (exact) mass is 420 g/mol. The number of benzene rings is 1. The molecular formula is C14H20BrN3O5P+. The lowest BCUT2D eigenvalue weighted by atomic mass is 10.0. The number of halogens is 1. The minimum Gasteiger partial charge on any atom is -0.327 e. The predicted molar refractivity (Wildman–Crippen MR) is 93.5 cm³/mol. The highest BCUT2D eigenvalue weighted by atomic mass is 79.9. The van der Waals surface area contributed by atoms with Crippen LogP contribution in [0.25, 0.3) is 0 Å². The van der Waals surface area contributed by atoms with E-state index < -0.39 is 33.0 Å². The van der Waals surface area contributed by atoms with Crippen molar-refractivity contribution in [1.82, 2.24) is 10.6 Å². The lowest BCUT2D eigenvalue weighted by Crippen LogP contribution is -2.49. The van der Waals surface area contributed by atoms with Gasteiger partial charge in [0, 0.05) is 14.7 Å². The minimum atomic E-state index is -2.79. The van der Waals surface area contributed by atoms with Crippen LogP contribution in [0, 0.1) is 5.92 Å². The Bertz CT molecular complexity index is 582. The Morgan fingerprint density at radius 1 is 1.29 bits per heavy atom. The number of carbonyl (C=O) groups is 2. The van der Waals surface area contributed by atoms with E-state index in [9.17, 15) is 14.2 Å². The molecule has 2 atom stereocenters. The van der Waals surface area contributed by atoms with E-state index in [1.54, 1.807) is 24.3 Å². The molecular weight excluding hydrogens is 401 g/mol. The van der Waals surface area contributed by atoms with Crippen LogP contribution < -0.4 is 16.0 Å². The van der Waals surface area contributed by atoms with Crippen LogP contribution in [-0.4, -0.2) is 29.6 Å². The average Bonchev–Trinajstić information content (AvgIpc) is 2.48. The molecule has 24 heavy (non-hydrogen) atoms. The Hall–Kier alpha value is -1.54. The maximum atomic E-state index is 12.1. The van der Waals surface area contributed by atoms with Crippen molar-refractivity contribution in [3.63, 3.8) is 0 Å². The molecule has 0 radical (unpaired) electrons. The summed E-state index contributed by atoms with van der Waals surface area (Å²) in [6.07, 6.45) is 0.408. The zero-order chi connectivity index (χ0) is 18.1. The van der Waals surface area contributed by atoms with Gasteiger partial charge in [-0.2, -0.15) is 0 Å². The quantitative estimate of drug-likeness (QED) is 0.381. The van der Waals surface area contributed by atoms with Gasteiger partial charge < -0.3 is 16.0 Å². The standard InChI is InChI=1S/C14H19BrN3O5P/c1-9(2)7-12(13(19)16-8-23-24(21)22)18-14(20)17-11-5-3-10(15)4-6-11/h3-6,9,12H,7-8H2,1-2H3,(H3-,16,17,18,19,20,21,22)/p+1. The van der Waals surface area contributed by atoms with Crippen molar-refractivity contribution in [3.05, 3.63) is 28.7 Å². The van der Waals surface area contributed by atoms with Gasteiger partial charge in [-0.1, -0.05) is 34.3 Å². The van der Waals surface area contributed by atoms with Crippen LogP contribution in [0.4, 0.5) is 10.5 Å². The zero-order valence-electron chi connectivity index (χ0n) is 13.3. The first-order chi connectivity index (χ1) is 11.3. The summed E-state index contributed by atoms with van der Waals surface area (Å²) in [5.74, 6) is -0.337. The number of urea groups is 1. The molecule has 0 aliphatic heterocycles. The Kier molecular flexibility index (Phi) is 8.84. The highest BCUT2D eigenvalue weighted by Crippen LogP contribution is 2.14. The van der Waals surface area contributed by atoms with E-state index in [4.69, 9.17) is 4.89 Å². The van der Waals surface area contributed by atoms with Gasteiger partial charge in [0.1, 0.15) is 6.04 Å². The first-order valence-electron chi connectivity index (χ1n) is 7.17. The predicted octanol–water partition coefficient (Wildman–Crippen LogP) is 2.73. The molecule has 4 N–H and O–H groups in total. The normalized spacial score (nSPS) is 12.5. The highest BCUT2D eigenvalue weighted by molar-refractivity contribution is 9.10. The van der Waals surface area contributed by atoms with Crippen LogP contribution in [0.5, 0.6) is 0 Å². The summed E-state index contributed by atoms with van der Waals surface area (Å²) in [6.45, 7) is 3.42. The van der Waals surface area contributed by atoms with Crippen molar-refractivity contribution in [3.8, 4) is 0 Å². The summed E-state index contributed by atoms with van der Waals surface area (Å²) in [5, 5.41) is 7.56. The van der Waals surface area contributed by atoms with E-state index >= 15 is 0 Å². The Morgan fingerprint density at radius 2 is 1.92 bits per heavy atom. The van der Waals surface area contributed by atoms with Crippen molar-refractivity contribution in [1.29, 1.82) is 0 Å². The molecule has 8 nitrogen and oxygen atoms in total. The van der Waals surface area contributed by atoms with Gasteiger partial charge in [0.25, 0.3) is 0 Å². The van der Waals surface area contributed by atoms with E-state index in [-0.39, 0.29) is 5.92 Å². The largest absolute Gasteiger partial charge is 0.696 e. The third-order valence-corrected chi connectivity index (χ3v) is 3.73. The maximum Gasteiger partial charge on any atom is 0.696 e. The van der Waals surface area contributed by atoms with Gasteiger partial charge in [0.05, 0.1) is 0 Å². The van der Waals surface area contributed by atoms with E-state index in [2.05, 4.69) is 36.4 Å². The molecule has 1 rings (SSSR count). The van der Waals surface area contributed by atoms with Crippen molar-refractivity contribution in [2.75, 3.05) is 12.0 Å². The second-order valence-corrected chi connectivity index (χ2v) is 6.99. The lowest BCUT2D eigenvalue weighted by molar-refractivity contribution is -0.124. The fourth-order valence-corrected chi connectivity index (χ4v) is 2.28. The van der Waals surface area contributed by atoms with E-state index in [1.807, 2.05) is 13.8 Å². The summed E-state index contributed by atoms with van der Waals surface area (Å²) in [5.41, 5.74) is 0.583. The lowest BCUT2D eigenvalue weighted by Gasteiger charge is -2.19.